The van der Waals surface area contributed by atoms with Crippen molar-refractivity contribution in [3.05, 3.63) is 84.7 Å². The third-order valence-corrected chi connectivity index (χ3v) is 6.53. The van der Waals surface area contributed by atoms with Gasteiger partial charge in [-0.25, -0.2) is 4.39 Å². The number of hydrogen-bond donors (Lipinski definition) is 1. The Morgan fingerprint density at radius 1 is 0.971 bits per heavy atom. The molecule has 0 radical (unpaired) electrons. The standard InChI is InChI=1S/C26H22FN5O2S/c27-19-11-13-21(14-12-19)32-25(18-6-2-1-3-7-18)29-30-26(32)35-17-23(33)28-20-8-4-9-22(16-20)31-15-5-10-24(31)34/h1-4,6-9,11-14,16H,5,10,15,17H2,(H,28,33). The van der Waals surface area contributed by atoms with Crippen LogP contribution in [0, 0.1) is 5.82 Å². The molecule has 3 aromatic carbocycles. The minimum Gasteiger partial charge on any atom is -0.325 e. The number of rotatable bonds is 7. The molecule has 2 heterocycles. The van der Waals surface area contributed by atoms with Gasteiger partial charge in [-0.1, -0.05) is 48.2 Å². The number of aromatic nitrogens is 3. The lowest BCUT2D eigenvalue weighted by Gasteiger charge is -2.16. The summed E-state index contributed by atoms with van der Waals surface area (Å²) >= 11 is 1.24. The maximum atomic E-state index is 13.5. The van der Waals surface area contributed by atoms with Gasteiger partial charge in [-0.3, -0.25) is 14.2 Å². The summed E-state index contributed by atoms with van der Waals surface area (Å²) in [6.45, 7) is 0.689. The molecule has 4 aromatic rings. The predicted molar refractivity (Wildman–Crippen MR) is 134 cm³/mol. The molecular formula is C26H22FN5O2S. The zero-order valence-electron chi connectivity index (χ0n) is 18.7. The van der Waals surface area contributed by atoms with Gasteiger partial charge in [-0.2, -0.15) is 0 Å². The maximum absolute atomic E-state index is 13.5. The van der Waals surface area contributed by atoms with Crippen LogP contribution in [0.15, 0.2) is 84.0 Å². The predicted octanol–water partition coefficient (Wildman–Crippen LogP) is 4.93. The first-order chi connectivity index (χ1) is 17.1. The summed E-state index contributed by atoms with van der Waals surface area (Å²) in [4.78, 5) is 26.5. The number of halogens is 1. The van der Waals surface area contributed by atoms with Crippen LogP contribution < -0.4 is 10.2 Å². The zero-order valence-corrected chi connectivity index (χ0v) is 19.5. The number of amides is 2. The monoisotopic (exact) mass is 487 g/mol. The SMILES string of the molecule is O=C(CSc1nnc(-c2ccccc2)n1-c1ccc(F)cc1)Nc1cccc(N2CCCC2=O)c1. The lowest BCUT2D eigenvalue weighted by Crippen LogP contribution is -2.23. The summed E-state index contributed by atoms with van der Waals surface area (Å²) < 4.78 is 15.4. The minimum atomic E-state index is -0.338. The Morgan fingerprint density at radius 2 is 1.77 bits per heavy atom. The number of nitrogens with one attached hydrogen (secondary N) is 1. The van der Waals surface area contributed by atoms with E-state index in [0.29, 0.717) is 35.3 Å². The fourth-order valence-electron chi connectivity index (χ4n) is 3.96. The average molecular weight is 488 g/mol. The Kier molecular flexibility index (Phi) is 6.58. The van der Waals surface area contributed by atoms with Gasteiger partial charge in [0.25, 0.3) is 0 Å². The van der Waals surface area contributed by atoms with Crippen molar-refractivity contribution >= 4 is 35.0 Å². The molecule has 9 heteroatoms. The van der Waals surface area contributed by atoms with E-state index in [-0.39, 0.29) is 23.4 Å². The van der Waals surface area contributed by atoms with Gasteiger partial charge in [-0.15, -0.1) is 10.2 Å². The fourth-order valence-corrected chi connectivity index (χ4v) is 4.71. The number of carbonyl (C=O) groups excluding carboxylic acids is 2. The first kappa shape index (κ1) is 22.8. The van der Waals surface area contributed by atoms with Gasteiger partial charge in [0.15, 0.2) is 11.0 Å². The Bertz CT molecular complexity index is 1360. The molecule has 1 aromatic heterocycles. The van der Waals surface area contributed by atoms with E-state index in [4.69, 9.17) is 0 Å². The minimum absolute atomic E-state index is 0.0957. The highest BCUT2D eigenvalue weighted by Crippen LogP contribution is 2.29. The number of anilines is 2. The molecule has 0 bridgehead atoms. The van der Waals surface area contributed by atoms with Crippen molar-refractivity contribution in [2.45, 2.75) is 18.0 Å². The molecule has 5 rings (SSSR count). The van der Waals surface area contributed by atoms with Crippen molar-refractivity contribution in [2.75, 3.05) is 22.5 Å². The van der Waals surface area contributed by atoms with E-state index < -0.39 is 0 Å². The van der Waals surface area contributed by atoms with Crippen molar-refractivity contribution < 1.29 is 14.0 Å². The Hall–Kier alpha value is -3.98. The Balaban J connectivity index is 1.33. The third kappa shape index (κ3) is 5.09. The normalized spacial score (nSPS) is 13.3. The van der Waals surface area contributed by atoms with E-state index in [1.165, 1.54) is 23.9 Å². The number of thioether (sulfide) groups is 1. The van der Waals surface area contributed by atoms with Gasteiger partial charge >= 0.3 is 0 Å². The number of carbonyl (C=O) groups is 2. The van der Waals surface area contributed by atoms with Crippen molar-refractivity contribution in [1.82, 2.24) is 14.8 Å². The first-order valence-electron chi connectivity index (χ1n) is 11.2. The summed E-state index contributed by atoms with van der Waals surface area (Å²) in [7, 11) is 0. The summed E-state index contributed by atoms with van der Waals surface area (Å²) in [6.07, 6.45) is 1.39. The summed E-state index contributed by atoms with van der Waals surface area (Å²) in [5, 5.41) is 12.0. The number of hydrogen-bond acceptors (Lipinski definition) is 5. The smallest absolute Gasteiger partial charge is 0.234 e. The highest BCUT2D eigenvalue weighted by atomic mass is 32.2. The zero-order chi connectivity index (χ0) is 24.2. The van der Waals surface area contributed by atoms with Crippen molar-refractivity contribution in [3.8, 4) is 17.1 Å². The molecule has 0 unspecified atom stereocenters. The number of benzene rings is 3. The fraction of sp³-hybridized carbons (Fsp3) is 0.154. The van der Waals surface area contributed by atoms with Crippen molar-refractivity contribution in [2.24, 2.45) is 0 Å². The Labute approximate surface area is 206 Å². The second-order valence-electron chi connectivity index (χ2n) is 8.02. The average Bonchev–Trinajstić information content (AvgIpc) is 3.50. The van der Waals surface area contributed by atoms with Gasteiger partial charge < -0.3 is 10.2 Å². The van der Waals surface area contributed by atoms with Crippen LogP contribution in [-0.2, 0) is 9.59 Å². The first-order valence-corrected chi connectivity index (χ1v) is 12.2. The summed E-state index contributed by atoms with van der Waals surface area (Å²) in [5.74, 6) is 0.242. The molecule has 0 spiro atoms. The van der Waals surface area contributed by atoms with E-state index in [0.717, 1.165) is 17.7 Å². The molecular weight excluding hydrogens is 465 g/mol. The largest absolute Gasteiger partial charge is 0.325 e. The number of nitrogens with zero attached hydrogens (tertiary/aromatic N) is 4. The molecule has 1 aliphatic rings. The molecule has 176 valence electrons. The Morgan fingerprint density at radius 3 is 2.51 bits per heavy atom. The topological polar surface area (TPSA) is 80.1 Å². The van der Waals surface area contributed by atoms with Crippen molar-refractivity contribution in [3.63, 3.8) is 0 Å². The molecule has 1 N–H and O–H groups in total. The van der Waals surface area contributed by atoms with Crippen LogP contribution in [0.4, 0.5) is 15.8 Å². The quantitative estimate of drug-likeness (QED) is 0.374. The molecule has 0 saturated carbocycles. The van der Waals surface area contributed by atoms with Gasteiger partial charge in [0.2, 0.25) is 11.8 Å². The van der Waals surface area contributed by atoms with Crippen LogP contribution in [0.3, 0.4) is 0 Å². The second-order valence-corrected chi connectivity index (χ2v) is 8.96. The molecule has 0 atom stereocenters. The summed E-state index contributed by atoms with van der Waals surface area (Å²) in [6, 6.07) is 22.9. The van der Waals surface area contributed by atoms with Crippen LogP contribution >= 0.6 is 11.8 Å². The van der Waals surface area contributed by atoms with E-state index in [2.05, 4.69) is 15.5 Å². The van der Waals surface area contributed by atoms with Gasteiger partial charge in [0, 0.05) is 35.6 Å². The molecule has 7 nitrogen and oxygen atoms in total. The van der Waals surface area contributed by atoms with Crippen molar-refractivity contribution in [1.29, 1.82) is 0 Å². The molecule has 0 aliphatic carbocycles. The van der Waals surface area contributed by atoms with Crippen LogP contribution in [0.5, 0.6) is 0 Å². The summed E-state index contributed by atoms with van der Waals surface area (Å²) in [5.41, 5.74) is 2.95. The second kappa shape index (κ2) is 10.1. The maximum Gasteiger partial charge on any atom is 0.234 e. The highest BCUT2D eigenvalue weighted by molar-refractivity contribution is 7.99. The van der Waals surface area contributed by atoms with E-state index >= 15 is 0 Å². The molecule has 1 aliphatic heterocycles. The highest BCUT2D eigenvalue weighted by Gasteiger charge is 2.22. The molecule has 2 amide bonds. The van der Waals surface area contributed by atoms with E-state index in [1.54, 1.807) is 29.2 Å². The van der Waals surface area contributed by atoms with Gasteiger partial charge in [-0.05, 0) is 48.9 Å². The lowest BCUT2D eigenvalue weighted by atomic mass is 10.2. The van der Waals surface area contributed by atoms with E-state index in [1.807, 2.05) is 47.0 Å². The molecule has 1 fully saturated rings. The van der Waals surface area contributed by atoms with Crippen LogP contribution in [0.1, 0.15) is 12.8 Å². The van der Waals surface area contributed by atoms with E-state index in [9.17, 15) is 14.0 Å². The van der Waals surface area contributed by atoms with Crippen LogP contribution in [-0.4, -0.2) is 38.9 Å². The lowest BCUT2D eigenvalue weighted by molar-refractivity contribution is -0.117. The van der Waals surface area contributed by atoms with Crippen LogP contribution in [0.25, 0.3) is 17.1 Å². The third-order valence-electron chi connectivity index (χ3n) is 5.60. The molecule has 35 heavy (non-hydrogen) atoms. The van der Waals surface area contributed by atoms with Crippen LogP contribution in [0.2, 0.25) is 0 Å². The van der Waals surface area contributed by atoms with Gasteiger partial charge in [0.05, 0.1) is 5.75 Å². The van der Waals surface area contributed by atoms with Gasteiger partial charge in [0.1, 0.15) is 5.82 Å². The molecule has 1 saturated heterocycles.